The van der Waals surface area contributed by atoms with E-state index in [1.807, 2.05) is 0 Å². The minimum atomic E-state index is -1.01. The number of halogens is 1. The molecule has 0 spiro atoms. The zero-order valence-electron chi connectivity index (χ0n) is 14.0. The van der Waals surface area contributed by atoms with Crippen molar-refractivity contribution in [3.05, 3.63) is 35.0 Å². The normalized spacial score (nSPS) is 10.3. The quantitative estimate of drug-likeness (QED) is 0.894. The molecule has 0 saturated carbocycles. The second-order valence-corrected chi connectivity index (χ2v) is 5.21. The third-order valence-electron chi connectivity index (χ3n) is 3.55. The second-order valence-electron chi connectivity index (χ2n) is 4.80. The van der Waals surface area contributed by atoms with E-state index in [4.69, 9.17) is 21.4 Å². The highest BCUT2D eigenvalue weighted by molar-refractivity contribution is 6.33. The fraction of sp³-hybridized carbons (Fsp3) is 0.412. The number of carboxylic acids is 1. The Labute approximate surface area is 141 Å². The summed E-state index contributed by atoms with van der Waals surface area (Å²) in [5.41, 5.74) is 0.692. The lowest BCUT2D eigenvalue weighted by Crippen LogP contribution is -2.21. The van der Waals surface area contributed by atoms with E-state index in [9.17, 15) is 4.79 Å². The molecule has 0 bridgehead atoms. The smallest absolute Gasteiger partial charge is 0.337 e. The van der Waals surface area contributed by atoms with Gasteiger partial charge in [-0.2, -0.15) is 0 Å². The molecule has 1 N–H and O–H groups in total. The molecule has 2 rings (SSSR count). The van der Waals surface area contributed by atoms with Gasteiger partial charge in [0.1, 0.15) is 5.52 Å². The predicted octanol–water partition coefficient (Wildman–Crippen LogP) is 3.94. The van der Waals surface area contributed by atoms with Crippen LogP contribution in [0, 0.1) is 0 Å². The Morgan fingerprint density at radius 2 is 1.87 bits per heavy atom. The Bertz CT molecular complexity index is 652. The molecule has 0 amide bonds. The lowest BCUT2D eigenvalue weighted by Gasteiger charge is -2.13. The van der Waals surface area contributed by atoms with Crippen molar-refractivity contribution in [3.63, 3.8) is 0 Å². The predicted molar refractivity (Wildman–Crippen MR) is 93.7 cm³/mol. The van der Waals surface area contributed by atoms with Crippen molar-refractivity contribution in [2.24, 2.45) is 0 Å². The van der Waals surface area contributed by atoms with Crippen LogP contribution in [0.25, 0.3) is 10.9 Å². The number of aromatic nitrogens is 1. The number of rotatable bonds is 5. The van der Waals surface area contributed by atoms with Gasteiger partial charge in [0, 0.05) is 11.6 Å². The Morgan fingerprint density at radius 1 is 1.26 bits per heavy atom. The molecule has 126 valence electrons. The first-order valence-corrected chi connectivity index (χ1v) is 7.94. The van der Waals surface area contributed by atoms with E-state index in [2.05, 4.69) is 30.7 Å². The first-order chi connectivity index (χ1) is 11.0. The molecule has 0 aliphatic rings. The summed E-state index contributed by atoms with van der Waals surface area (Å²) in [6, 6.07) is 4.89. The minimum Gasteiger partial charge on any atom is -0.493 e. The van der Waals surface area contributed by atoms with Gasteiger partial charge in [-0.15, -0.1) is 0 Å². The summed E-state index contributed by atoms with van der Waals surface area (Å²) in [5, 5.41) is 9.96. The molecule has 1 aromatic heterocycles. The molecule has 0 unspecified atom stereocenters. The maximum Gasteiger partial charge on any atom is 0.337 e. The van der Waals surface area contributed by atoms with Gasteiger partial charge in [0.05, 0.1) is 17.7 Å². The molecule has 0 aliphatic heterocycles. The number of carboxylic acid groups (broad SMARTS) is 1. The molecule has 0 atom stereocenters. The van der Waals surface area contributed by atoms with Crippen LogP contribution < -0.4 is 4.74 Å². The highest BCUT2D eigenvalue weighted by atomic mass is 35.5. The number of methoxy groups -OCH3 is 1. The Morgan fingerprint density at radius 3 is 2.30 bits per heavy atom. The summed E-state index contributed by atoms with van der Waals surface area (Å²) in [4.78, 5) is 17.2. The van der Waals surface area contributed by atoms with Gasteiger partial charge in [0.15, 0.2) is 5.75 Å². The number of hydrogen-bond acceptors (Lipinski definition) is 4. The number of pyridine rings is 1. The number of carbonyl (C=O) groups is 1. The molecule has 6 heteroatoms. The van der Waals surface area contributed by atoms with Crippen LogP contribution in [0.2, 0.25) is 5.02 Å². The summed E-state index contributed by atoms with van der Waals surface area (Å²) in [7, 11) is 1.49. The van der Waals surface area contributed by atoms with E-state index in [-0.39, 0.29) is 5.56 Å². The first-order valence-electron chi connectivity index (χ1n) is 7.56. The monoisotopic (exact) mass is 338 g/mol. The maximum absolute atomic E-state index is 10.8. The van der Waals surface area contributed by atoms with Crippen molar-refractivity contribution in [1.29, 1.82) is 0 Å². The molecule has 2 aromatic rings. The average Bonchev–Trinajstić information content (AvgIpc) is 2.56. The Balaban J connectivity index is 0.000000322. The van der Waals surface area contributed by atoms with Gasteiger partial charge in [0.25, 0.3) is 0 Å². The van der Waals surface area contributed by atoms with Crippen LogP contribution in [0.1, 0.15) is 31.1 Å². The number of benzene rings is 1. The van der Waals surface area contributed by atoms with Gasteiger partial charge >= 0.3 is 5.97 Å². The highest BCUT2D eigenvalue weighted by Crippen LogP contribution is 2.31. The van der Waals surface area contributed by atoms with E-state index in [1.165, 1.54) is 39.0 Å². The molecule has 0 aliphatic carbocycles. The summed E-state index contributed by atoms with van der Waals surface area (Å²) in [6.45, 7) is 10.1. The molecule has 23 heavy (non-hydrogen) atoms. The molecule has 0 radical (unpaired) electrons. The Hall–Kier alpha value is -1.85. The van der Waals surface area contributed by atoms with Crippen LogP contribution in [0.4, 0.5) is 0 Å². The van der Waals surface area contributed by atoms with Crippen molar-refractivity contribution in [2.45, 2.75) is 20.8 Å². The lowest BCUT2D eigenvalue weighted by molar-refractivity contribution is 0.0696. The summed E-state index contributed by atoms with van der Waals surface area (Å²) >= 11 is 5.92. The van der Waals surface area contributed by atoms with E-state index in [0.717, 1.165) is 0 Å². The zero-order chi connectivity index (χ0) is 17.4. The topological polar surface area (TPSA) is 62.7 Å². The van der Waals surface area contributed by atoms with Crippen LogP contribution in [0.3, 0.4) is 0 Å². The first kappa shape index (κ1) is 19.2. The fourth-order valence-corrected chi connectivity index (χ4v) is 2.36. The number of hydrogen-bond donors (Lipinski definition) is 1. The van der Waals surface area contributed by atoms with Gasteiger partial charge < -0.3 is 14.7 Å². The third-order valence-corrected chi connectivity index (χ3v) is 3.85. The standard InChI is InChI=1S/C11H8ClNO3.C6H15N/c1-16-10-8(12)3-2-6-4-7(11(14)15)5-13-9(6)10;1-4-7(5-2)6-3/h2-5H,1H3,(H,14,15);4-6H2,1-3H3. The third kappa shape index (κ3) is 5.08. The van der Waals surface area contributed by atoms with Crippen molar-refractivity contribution in [2.75, 3.05) is 26.7 Å². The van der Waals surface area contributed by atoms with Crippen LogP contribution >= 0.6 is 11.6 Å². The summed E-state index contributed by atoms with van der Waals surface area (Å²) < 4.78 is 5.12. The van der Waals surface area contributed by atoms with E-state index >= 15 is 0 Å². The molecule has 5 nitrogen and oxygen atoms in total. The molecule has 0 saturated heterocycles. The van der Waals surface area contributed by atoms with E-state index in [1.54, 1.807) is 12.1 Å². The molecule has 1 aromatic carbocycles. The molecule has 1 heterocycles. The van der Waals surface area contributed by atoms with Gasteiger partial charge in [-0.3, -0.25) is 4.98 Å². The van der Waals surface area contributed by atoms with Gasteiger partial charge in [0.2, 0.25) is 0 Å². The van der Waals surface area contributed by atoms with Gasteiger partial charge in [-0.25, -0.2) is 4.79 Å². The zero-order valence-corrected chi connectivity index (χ0v) is 14.7. The number of ether oxygens (including phenoxy) is 1. The van der Waals surface area contributed by atoms with Crippen molar-refractivity contribution >= 4 is 28.5 Å². The average molecular weight is 339 g/mol. The SMILES string of the molecule is CCN(CC)CC.COc1c(Cl)ccc2cc(C(=O)O)cnc12. The fourth-order valence-electron chi connectivity index (χ4n) is 2.13. The maximum atomic E-state index is 10.8. The van der Waals surface area contributed by atoms with Crippen LogP contribution in [0.15, 0.2) is 24.4 Å². The van der Waals surface area contributed by atoms with Crippen LogP contribution in [0.5, 0.6) is 5.75 Å². The number of fused-ring (bicyclic) bond motifs is 1. The molecular weight excluding hydrogens is 316 g/mol. The highest BCUT2D eigenvalue weighted by Gasteiger charge is 2.10. The molecule has 0 fully saturated rings. The van der Waals surface area contributed by atoms with Gasteiger partial charge in [-0.1, -0.05) is 38.4 Å². The lowest BCUT2D eigenvalue weighted by atomic mass is 10.1. The summed E-state index contributed by atoms with van der Waals surface area (Å²) in [5.74, 6) is -0.556. The van der Waals surface area contributed by atoms with E-state index in [0.29, 0.717) is 21.7 Å². The minimum absolute atomic E-state index is 0.136. The van der Waals surface area contributed by atoms with E-state index < -0.39 is 5.97 Å². The van der Waals surface area contributed by atoms with Crippen molar-refractivity contribution in [3.8, 4) is 5.75 Å². The summed E-state index contributed by atoms with van der Waals surface area (Å²) in [6.07, 6.45) is 1.28. The number of nitrogens with zero attached hydrogens (tertiary/aromatic N) is 2. The largest absolute Gasteiger partial charge is 0.493 e. The van der Waals surface area contributed by atoms with Crippen LogP contribution in [-0.2, 0) is 0 Å². The number of aromatic carboxylic acids is 1. The Kier molecular flexibility index (Phi) is 7.78. The second kappa shape index (κ2) is 9.33. The van der Waals surface area contributed by atoms with Gasteiger partial charge in [-0.05, 0) is 31.8 Å². The van der Waals surface area contributed by atoms with Crippen LogP contribution in [-0.4, -0.2) is 47.7 Å². The van der Waals surface area contributed by atoms with Crippen molar-refractivity contribution < 1.29 is 14.6 Å². The van der Waals surface area contributed by atoms with Crippen molar-refractivity contribution in [1.82, 2.24) is 9.88 Å². The molecular formula is C17H23ClN2O3.